The van der Waals surface area contributed by atoms with Crippen molar-refractivity contribution in [3.05, 3.63) is 42.5 Å². The standard InChI is InChI=1S/C19H26N8O/c1-15(12-25-7-9-26(10-8-25)17-5-3-4-6-20-17)23-18-11-16(13-28-2)24-19-21-14-22-27(18)19/h3-6,11,14-15,23H,7-10,12-13H2,1-2H3. The van der Waals surface area contributed by atoms with E-state index in [1.807, 2.05) is 24.4 Å². The number of methoxy groups -OCH3 is 1. The highest BCUT2D eigenvalue weighted by atomic mass is 16.5. The molecular formula is C19H26N8O. The van der Waals surface area contributed by atoms with Crippen LogP contribution in [0, 0.1) is 0 Å². The van der Waals surface area contributed by atoms with Crippen molar-refractivity contribution < 1.29 is 4.74 Å². The number of piperazine rings is 1. The van der Waals surface area contributed by atoms with Crippen LogP contribution in [0.1, 0.15) is 12.6 Å². The largest absolute Gasteiger partial charge is 0.378 e. The molecule has 3 aromatic rings. The van der Waals surface area contributed by atoms with E-state index < -0.39 is 0 Å². The third kappa shape index (κ3) is 4.20. The van der Waals surface area contributed by atoms with Gasteiger partial charge in [-0.1, -0.05) is 6.07 Å². The zero-order valence-electron chi connectivity index (χ0n) is 16.3. The van der Waals surface area contributed by atoms with Crippen molar-refractivity contribution in [2.45, 2.75) is 19.6 Å². The van der Waals surface area contributed by atoms with E-state index in [0.717, 1.165) is 50.1 Å². The molecule has 1 aliphatic rings. The predicted octanol–water partition coefficient (Wildman–Crippen LogP) is 1.29. The molecule has 0 bridgehead atoms. The number of nitrogens with one attached hydrogen (secondary N) is 1. The first kappa shape index (κ1) is 18.6. The van der Waals surface area contributed by atoms with E-state index in [1.165, 1.54) is 6.33 Å². The first-order chi connectivity index (χ1) is 13.7. The maximum absolute atomic E-state index is 5.22. The Hall–Kier alpha value is -2.78. The van der Waals surface area contributed by atoms with E-state index in [4.69, 9.17) is 4.74 Å². The molecule has 28 heavy (non-hydrogen) atoms. The first-order valence-electron chi connectivity index (χ1n) is 9.56. The Morgan fingerprint density at radius 2 is 2.04 bits per heavy atom. The van der Waals surface area contributed by atoms with Crippen molar-refractivity contribution in [2.24, 2.45) is 0 Å². The highest BCUT2D eigenvalue weighted by molar-refractivity contribution is 5.45. The summed E-state index contributed by atoms with van der Waals surface area (Å²) in [5.41, 5.74) is 0.835. The zero-order chi connectivity index (χ0) is 19.3. The molecular weight excluding hydrogens is 356 g/mol. The van der Waals surface area contributed by atoms with Crippen LogP contribution < -0.4 is 10.2 Å². The lowest BCUT2D eigenvalue weighted by Gasteiger charge is -2.36. The summed E-state index contributed by atoms with van der Waals surface area (Å²) in [5.74, 6) is 2.52. The van der Waals surface area contributed by atoms with E-state index in [9.17, 15) is 0 Å². The van der Waals surface area contributed by atoms with Gasteiger partial charge in [0, 0.05) is 58.1 Å². The Morgan fingerprint density at radius 1 is 1.18 bits per heavy atom. The van der Waals surface area contributed by atoms with Gasteiger partial charge < -0.3 is 15.0 Å². The fourth-order valence-corrected chi connectivity index (χ4v) is 3.57. The molecule has 0 spiro atoms. The lowest BCUT2D eigenvalue weighted by atomic mass is 10.2. The second-order valence-corrected chi connectivity index (χ2v) is 7.06. The molecule has 1 N–H and O–H groups in total. The Labute approximate surface area is 164 Å². The van der Waals surface area contributed by atoms with Crippen LogP contribution in [-0.2, 0) is 11.3 Å². The smallest absolute Gasteiger partial charge is 0.254 e. The molecule has 0 saturated carbocycles. The van der Waals surface area contributed by atoms with Gasteiger partial charge in [-0.15, -0.1) is 0 Å². The molecule has 1 unspecified atom stereocenters. The highest BCUT2D eigenvalue weighted by Crippen LogP contribution is 2.15. The monoisotopic (exact) mass is 382 g/mol. The molecule has 9 heteroatoms. The maximum atomic E-state index is 5.22. The second-order valence-electron chi connectivity index (χ2n) is 7.06. The molecule has 1 atom stereocenters. The molecule has 0 aromatic carbocycles. The van der Waals surface area contributed by atoms with Gasteiger partial charge in [-0.05, 0) is 19.1 Å². The third-order valence-corrected chi connectivity index (χ3v) is 4.87. The number of nitrogens with zero attached hydrogens (tertiary/aromatic N) is 7. The van der Waals surface area contributed by atoms with Crippen molar-refractivity contribution in [3.8, 4) is 0 Å². The van der Waals surface area contributed by atoms with E-state index in [2.05, 4.69) is 48.2 Å². The normalized spacial score (nSPS) is 16.4. The Morgan fingerprint density at radius 3 is 2.79 bits per heavy atom. The number of ether oxygens (including phenoxy) is 1. The molecule has 0 amide bonds. The average Bonchev–Trinajstić information content (AvgIpc) is 3.18. The Balaban J connectivity index is 1.36. The zero-order valence-corrected chi connectivity index (χ0v) is 16.3. The minimum Gasteiger partial charge on any atom is -0.378 e. The van der Waals surface area contributed by atoms with Gasteiger partial charge in [-0.25, -0.2) is 9.97 Å². The van der Waals surface area contributed by atoms with E-state index in [1.54, 1.807) is 11.6 Å². The average molecular weight is 382 g/mol. The Bertz CT molecular complexity index is 891. The topological polar surface area (TPSA) is 83.7 Å². The van der Waals surface area contributed by atoms with Crippen LogP contribution in [-0.4, -0.2) is 75.3 Å². The number of anilines is 2. The van der Waals surface area contributed by atoms with Crippen molar-refractivity contribution >= 4 is 17.4 Å². The van der Waals surface area contributed by atoms with Gasteiger partial charge in [0.05, 0.1) is 12.3 Å². The summed E-state index contributed by atoms with van der Waals surface area (Å²) >= 11 is 0. The lowest BCUT2D eigenvalue weighted by Crippen LogP contribution is -2.49. The van der Waals surface area contributed by atoms with Crippen LogP contribution >= 0.6 is 0 Å². The molecule has 148 valence electrons. The maximum Gasteiger partial charge on any atom is 0.254 e. The minimum absolute atomic E-state index is 0.256. The first-order valence-corrected chi connectivity index (χ1v) is 9.56. The number of rotatable bonds is 7. The number of fused-ring (bicyclic) bond motifs is 1. The van der Waals surface area contributed by atoms with Crippen LogP contribution in [0.25, 0.3) is 5.78 Å². The van der Waals surface area contributed by atoms with Crippen molar-refractivity contribution in [1.82, 2.24) is 29.5 Å². The summed E-state index contributed by atoms with van der Waals surface area (Å²) in [6, 6.07) is 8.30. The molecule has 3 aromatic heterocycles. The molecule has 4 rings (SSSR count). The molecule has 0 aliphatic carbocycles. The third-order valence-electron chi connectivity index (χ3n) is 4.87. The quantitative estimate of drug-likeness (QED) is 0.654. The van der Waals surface area contributed by atoms with E-state index in [-0.39, 0.29) is 6.04 Å². The van der Waals surface area contributed by atoms with Crippen LogP contribution in [0.2, 0.25) is 0 Å². The second kappa shape index (κ2) is 8.49. The number of aromatic nitrogens is 5. The van der Waals surface area contributed by atoms with Crippen molar-refractivity contribution in [3.63, 3.8) is 0 Å². The summed E-state index contributed by atoms with van der Waals surface area (Å²) in [6.45, 7) is 7.61. The van der Waals surface area contributed by atoms with Crippen LogP contribution in [0.4, 0.5) is 11.6 Å². The summed E-state index contributed by atoms with van der Waals surface area (Å²) in [4.78, 5) is 17.9. The van der Waals surface area contributed by atoms with E-state index >= 15 is 0 Å². The van der Waals surface area contributed by atoms with Gasteiger partial charge in [0.15, 0.2) is 0 Å². The SMILES string of the molecule is COCc1cc(NC(C)CN2CCN(c3ccccn3)CC2)n2ncnc2n1. The fraction of sp³-hybridized carbons (Fsp3) is 0.474. The molecule has 0 radical (unpaired) electrons. The summed E-state index contributed by atoms with van der Waals surface area (Å²) in [7, 11) is 1.66. The van der Waals surface area contributed by atoms with Gasteiger partial charge in [0.1, 0.15) is 18.0 Å². The van der Waals surface area contributed by atoms with Crippen molar-refractivity contribution in [1.29, 1.82) is 0 Å². The number of pyridine rings is 1. The van der Waals surface area contributed by atoms with Crippen LogP contribution in [0.3, 0.4) is 0 Å². The highest BCUT2D eigenvalue weighted by Gasteiger charge is 2.20. The number of hydrogen-bond donors (Lipinski definition) is 1. The van der Waals surface area contributed by atoms with Crippen LogP contribution in [0.5, 0.6) is 0 Å². The number of hydrogen-bond acceptors (Lipinski definition) is 8. The predicted molar refractivity (Wildman–Crippen MR) is 107 cm³/mol. The van der Waals surface area contributed by atoms with Gasteiger partial charge >= 0.3 is 0 Å². The molecule has 4 heterocycles. The minimum atomic E-state index is 0.256. The van der Waals surface area contributed by atoms with Gasteiger partial charge in [-0.2, -0.15) is 14.6 Å². The Kier molecular flexibility index (Phi) is 5.63. The fourth-order valence-electron chi connectivity index (χ4n) is 3.57. The van der Waals surface area contributed by atoms with Gasteiger partial charge in [0.2, 0.25) is 0 Å². The van der Waals surface area contributed by atoms with Gasteiger partial charge in [-0.3, -0.25) is 4.90 Å². The molecule has 9 nitrogen and oxygen atoms in total. The summed E-state index contributed by atoms with van der Waals surface area (Å²) < 4.78 is 6.95. The summed E-state index contributed by atoms with van der Waals surface area (Å²) in [6.07, 6.45) is 3.37. The molecule has 1 aliphatic heterocycles. The summed E-state index contributed by atoms with van der Waals surface area (Å²) in [5, 5.41) is 7.83. The van der Waals surface area contributed by atoms with Gasteiger partial charge in [0.25, 0.3) is 5.78 Å². The molecule has 1 fully saturated rings. The molecule has 1 saturated heterocycles. The lowest BCUT2D eigenvalue weighted by molar-refractivity contribution is 0.181. The van der Waals surface area contributed by atoms with Crippen molar-refractivity contribution in [2.75, 3.05) is 50.1 Å². The van der Waals surface area contributed by atoms with E-state index in [0.29, 0.717) is 12.4 Å². The van der Waals surface area contributed by atoms with Crippen LogP contribution in [0.15, 0.2) is 36.8 Å².